The Bertz CT molecular complexity index is 1080. The fourth-order valence-corrected chi connectivity index (χ4v) is 2.87. The number of hydrogen-bond acceptors (Lipinski definition) is 5. The van der Waals surface area contributed by atoms with Crippen molar-refractivity contribution in [3.8, 4) is 23.1 Å². The number of nitriles is 1. The fraction of sp³-hybridized carbons (Fsp3) is 0.105. The summed E-state index contributed by atoms with van der Waals surface area (Å²) in [4.78, 5) is 18.7. The molecule has 0 atom stereocenters. The topological polar surface area (TPSA) is 78.8 Å². The van der Waals surface area contributed by atoms with E-state index in [0.717, 1.165) is 5.56 Å². The van der Waals surface area contributed by atoms with Crippen LogP contribution in [0.3, 0.4) is 0 Å². The zero-order valence-corrected chi connectivity index (χ0v) is 15.7. The Labute approximate surface area is 163 Å². The quantitative estimate of drug-likeness (QED) is 0.506. The van der Waals surface area contributed by atoms with Crippen molar-refractivity contribution in [2.45, 2.75) is 11.8 Å². The van der Waals surface area contributed by atoms with Crippen molar-refractivity contribution < 1.29 is 9.13 Å². The number of nitrogens with one attached hydrogen (secondary N) is 1. The first-order valence-electron chi connectivity index (χ1n) is 7.77. The van der Waals surface area contributed by atoms with Crippen LogP contribution in [0.25, 0.3) is 11.3 Å². The molecule has 3 aromatic rings. The molecule has 0 spiro atoms. The van der Waals surface area contributed by atoms with E-state index in [9.17, 15) is 14.4 Å². The van der Waals surface area contributed by atoms with E-state index < -0.39 is 11.4 Å². The first-order chi connectivity index (χ1) is 13.0. The molecule has 136 valence electrons. The molecular weight excluding hydrogens is 389 g/mol. The van der Waals surface area contributed by atoms with E-state index in [1.165, 1.54) is 23.9 Å². The van der Waals surface area contributed by atoms with Crippen molar-refractivity contribution in [3.63, 3.8) is 0 Å². The van der Waals surface area contributed by atoms with Crippen LogP contribution in [0.1, 0.15) is 11.1 Å². The zero-order chi connectivity index (χ0) is 19.4. The maximum atomic E-state index is 14.5. The summed E-state index contributed by atoms with van der Waals surface area (Å²) in [5, 5.41) is 10.2. The lowest BCUT2D eigenvalue weighted by Gasteiger charge is -2.10. The second-order valence-electron chi connectivity index (χ2n) is 5.47. The van der Waals surface area contributed by atoms with Crippen LogP contribution in [-0.2, 0) is 6.61 Å². The molecule has 2 aromatic carbocycles. The molecule has 1 heterocycles. The van der Waals surface area contributed by atoms with Gasteiger partial charge in [0.1, 0.15) is 18.2 Å². The Morgan fingerprint density at radius 1 is 1.30 bits per heavy atom. The van der Waals surface area contributed by atoms with E-state index in [0.29, 0.717) is 15.7 Å². The summed E-state index contributed by atoms with van der Waals surface area (Å²) in [6.45, 7) is 0.177. The molecule has 27 heavy (non-hydrogen) atoms. The smallest absolute Gasteiger partial charge is 0.270 e. The minimum Gasteiger partial charge on any atom is -0.486 e. The monoisotopic (exact) mass is 401 g/mol. The van der Waals surface area contributed by atoms with Gasteiger partial charge < -0.3 is 9.72 Å². The minimum atomic E-state index is -0.613. The van der Waals surface area contributed by atoms with Gasteiger partial charge in [0.15, 0.2) is 16.7 Å². The third kappa shape index (κ3) is 4.30. The van der Waals surface area contributed by atoms with Crippen molar-refractivity contribution >= 4 is 23.4 Å². The molecule has 0 saturated carbocycles. The van der Waals surface area contributed by atoms with Crippen LogP contribution in [-0.4, -0.2) is 16.2 Å². The van der Waals surface area contributed by atoms with Gasteiger partial charge in [-0.15, -0.1) is 0 Å². The molecule has 0 radical (unpaired) electrons. The molecule has 0 unspecified atom stereocenters. The van der Waals surface area contributed by atoms with Gasteiger partial charge >= 0.3 is 0 Å². The number of halogens is 2. The van der Waals surface area contributed by atoms with E-state index in [2.05, 4.69) is 9.97 Å². The van der Waals surface area contributed by atoms with Crippen molar-refractivity contribution in [1.29, 1.82) is 5.26 Å². The van der Waals surface area contributed by atoms with Gasteiger partial charge in [0, 0.05) is 10.6 Å². The van der Waals surface area contributed by atoms with Gasteiger partial charge in [-0.25, -0.2) is 9.37 Å². The lowest BCUT2D eigenvalue weighted by molar-refractivity contribution is 0.290. The Kier molecular flexibility index (Phi) is 5.79. The van der Waals surface area contributed by atoms with Crippen LogP contribution < -0.4 is 10.3 Å². The second kappa shape index (κ2) is 8.25. The fourth-order valence-electron chi connectivity index (χ4n) is 2.37. The molecule has 0 aliphatic carbocycles. The number of ether oxygens (including phenoxy) is 1. The SMILES string of the molecule is CSc1nc(-c2ccc(OCc3ccc(Cl)cc3)c(F)c2)c(C#N)c(=O)[nH]1. The highest BCUT2D eigenvalue weighted by Crippen LogP contribution is 2.27. The molecule has 0 amide bonds. The summed E-state index contributed by atoms with van der Waals surface area (Å²) in [6, 6.07) is 13.1. The van der Waals surface area contributed by atoms with Crippen molar-refractivity contribution in [2.75, 3.05) is 6.26 Å². The summed E-state index contributed by atoms with van der Waals surface area (Å²) in [5.41, 5.74) is 0.575. The first kappa shape index (κ1) is 19.0. The standard InChI is InChI=1S/C19H13ClFN3O2S/c1-27-19-23-17(14(9-22)18(25)24-19)12-4-7-16(15(21)8-12)26-10-11-2-5-13(20)6-3-11/h2-8H,10H2,1H3,(H,23,24,25). The average Bonchev–Trinajstić information content (AvgIpc) is 2.67. The van der Waals surface area contributed by atoms with E-state index in [4.69, 9.17) is 16.3 Å². The van der Waals surface area contributed by atoms with Gasteiger partial charge in [-0.3, -0.25) is 4.79 Å². The zero-order valence-electron chi connectivity index (χ0n) is 14.1. The number of rotatable bonds is 5. The van der Waals surface area contributed by atoms with Gasteiger partial charge in [-0.2, -0.15) is 5.26 Å². The summed E-state index contributed by atoms with van der Waals surface area (Å²) >= 11 is 7.05. The molecule has 0 fully saturated rings. The molecule has 0 saturated heterocycles. The molecule has 5 nitrogen and oxygen atoms in total. The third-order valence-electron chi connectivity index (χ3n) is 3.72. The first-order valence-corrected chi connectivity index (χ1v) is 9.37. The number of thioether (sulfide) groups is 1. The molecule has 3 rings (SSSR count). The predicted octanol–water partition coefficient (Wildman–Crippen LogP) is 4.40. The number of aromatic nitrogens is 2. The Morgan fingerprint density at radius 3 is 2.67 bits per heavy atom. The maximum Gasteiger partial charge on any atom is 0.270 e. The highest BCUT2D eigenvalue weighted by Gasteiger charge is 2.15. The van der Waals surface area contributed by atoms with Crippen LogP contribution in [0.5, 0.6) is 5.75 Å². The van der Waals surface area contributed by atoms with Gasteiger partial charge in [0.2, 0.25) is 0 Å². The van der Waals surface area contributed by atoms with Crippen molar-refractivity contribution in [3.05, 3.63) is 74.8 Å². The second-order valence-corrected chi connectivity index (χ2v) is 6.70. The summed E-state index contributed by atoms with van der Waals surface area (Å²) in [7, 11) is 0. The molecule has 0 aliphatic heterocycles. The van der Waals surface area contributed by atoms with E-state index in [-0.39, 0.29) is 23.6 Å². The maximum absolute atomic E-state index is 14.5. The highest BCUT2D eigenvalue weighted by molar-refractivity contribution is 7.98. The number of H-pyrrole nitrogens is 1. The predicted molar refractivity (Wildman–Crippen MR) is 103 cm³/mol. The highest BCUT2D eigenvalue weighted by atomic mass is 35.5. The van der Waals surface area contributed by atoms with Crippen LogP contribution in [0, 0.1) is 17.1 Å². The molecule has 8 heteroatoms. The lowest BCUT2D eigenvalue weighted by Crippen LogP contribution is -2.14. The van der Waals surface area contributed by atoms with Crippen LogP contribution in [0.2, 0.25) is 5.02 Å². The van der Waals surface area contributed by atoms with E-state index >= 15 is 0 Å². The normalized spacial score (nSPS) is 10.4. The van der Waals surface area contributed by atoms with Gasteiger partial charge in [-0.05, 0) is 42.2 Å². The number of nitrogens with zero attached hydrogens (tertiary/aromatic N) is 2. The van der Waals surface area contributed by atoms with Gasteiger partial charge in [0.25, 0.3) is 5.56 Å². The number of benzene rings is 2. The molecule has 1 N–H and O–H groups in total. The van der Waals surface area contributed by atoms with Crippen molar-refractivity contribution in [2.24, 2.45) is 0 Å². The Hall–Kier alpha value is -2.82. The van der Waals surface area contributed by atoms with Crippen LogP contribution in [0.15, 0.2) is 52.4 Å². The van der Waals surface area contributed by atoms with E-state index in [1.54, 1.807) is 36.6 Å². The Balaban J connectivity index is 1.89. The molecular formula is C19H13ClFN3O2S. The third-order valence-corrected chi connectivity index (χ3v) is 4.55. The van der Waals surface area contributed by atoms with Crippen LogP contribution in [0.4, 0.5) is 4.39 Å². The number of hydrogen-bond donors (Lipinski definition) is 1. The van der Waals surface area contributed by atoms with E-state index in [1.807, 2.05) is 6.07 Å². The van der Waals surface area contributed by atoms with Gasteiger partial charge in [0.05, 0.1) is 5.69 Å². The van der Waals surface area contributed by atoms with Crippen molar-refractivity contribution in [1.82, 2.24) is 9.97 Å². The molecule has 0 aliphatic rings. The number of aromatic amines is 1. The summed E-state index contributed by atoms with van der Waals surface area (Å²) in [6.07, 6.45) is 1.74. The van der Waals surface area contributed by atoms with Gasteiger partial charge in [-0.1, -0.05) is 35.5 Å². The largest absolute Gasteiger partial charge is 0.486 e. The lowest BCUT2D eigenvalue weighted by atomic mass is 10.1. The Morgan fingerprint density at radius 2 is 2.04 bits per heavy atom. The summed E-state index contributed by atoms with van der Waals surface area (Å²) in [5.74, 6) is -0.555. The average molecular weight is 402 g/mol. The molecule has 0 bridgehead atoms. The molecule has 1 aromatic heterocycles. The minimum absolute atomic E-state index is 0.0575. The van der Waals surface area contributed by atoms with Crippen LogP contribution >= 0.6 is 23.4 Å². The summed E-state index contributed by atoms with van der Waals surface area (Å²) < 4.78 is 20.0.